The van der Waals surface area contributed by atoms with Crippen LogP contribution in [0.1, 0.15) is 13.8 Å². The zero-order valence-electron chi connectivity index (χ0n) is 11.5. The number of halogens is 1. The molecule has 1 aromatic heterocycles. The Morgan fingerprint density at radius 3 is 2.70 bits per heavy atom. The topological polar surface area (TPSA) is 47.6 Å². The summed E-state index contributed by atoms with van der Waals surface area (Å²) in [5, 5.41) is 0.593. The molecule has 1 fully saturated rings. The molecule has 0 N–H and O–H groups in total. The molecule has 2 heterocycles. The van der Waals surface area contributed by atoms with E-state index in [9.17, 15) is 4.79 Å². The van der Waals surface area contributed by atoms with E-state index in [4.69, 9.17) is 20.8 Å². The highest BCUT2D eigenvalue weighted by atomic mass is 35.5. The average Bonchev–Trinajstić information content (AvgIpc) is 2.65. The van der Waals surface area contributed by atoms with Gasteiger partial charge in [-0.3, -0.25) is 9.47 Å². The van der Waals surface area contributed by atoms with Crippen LogP contribution in [0.25, 0.3) is 11.1 Å². The van der Waals surface area contributed by atoms with E-state index in [-0.39, 0.29) is 18.0 Å². The zero-order chi connectivity index (χ0) is 14.3. The minimum absolute atomic E-state index is 0.163. The van der Waals surface area contributed by atoms with E-state index in [1.165, 1.54) is 0 Å². The maximum Gasteiger partial charge on any atom is 0.421 e. The van der Waals surface area contributed by atoms with E-state index >= 15 is 0 Å². The minimum atomic E-state index is -0.353. The van der Waals surface area contributed by atoms with Crippen molar-refractivity contribution in [3.63, 3.8) is 0 Å². The summed E-state index contributed by atoms with van der Waals surface area (Å²) in [5.74, 6) is -0.353. The van der Waals surface area contributed by atoms with Gasteiger partial charge in [0.25, 0.3) is 0 Å². The van der Waals surface area contributed by atoms with Gasteiger partial charge in [-0.25, -0.2) is 4.79 Å². The van der Waals surface area contributed by atoms with Crippen LogP contribution in [0, 0.1) is 0 Å². The number of nitrogens with zero attached hydrogens (tertiary/aromatic N) is 2. The highest BCUT2D eigenvalue weighted by molar-refractivity contribution is 6.31. The van der Waals surface area contributed by atoms with Gasteiger partial charge in [-0.2, -0.15) is 0 Å². The van der Waals surface area contributed by atoms with Crippen LogP contribution in [0.3, 0.4) is 0 Å². The van der Waals surface area contributed by atoms with Gasteiger partial charge < -0.3 is 9.15 Å². The van der Waals surface area contributed by atoms with E-state index < -0.39 is 0 Å². The fraction of sp³-hybridized carbons (Fsp3) is 0.500. The number of oxazole rings is 1. The summed E-state index contributed by atoms with van der Waals surface area (Å²) in [5.41, 5.74) is 1.29. The Morgan fingerprint density at radius 1 is 1.30 bits per heavy atom. The molecule has 3 rings (SSSR count). The molecule has 5 nitrogen and oxygen atoms in total. The molecule has 6 heteroatoms. The lowest BCUT2D eigenvalue weighted by Crippen LogP contribution is -2.46. The van der Waals surface area contributed by atoms with Crippen molar-refractivity contribution in [2.45, 2.75) is 32.7 Å². The van der Waals surface area contributed by atoms with Crippen molar-refractivity contribution in [1.29, 1.82) is 0 Å². The highest BCUT2D eigenvalue weighted by Gasteiger charge is 2.23. The molecule has 1 aromatic carbocycles. The first-order chi connectivity index (χ1) is 9.52. The largest absolute Gasteiger partial charge is 0.421 e. The Balaban J connectivity index is 1.92. The molecule has 0 radical (unpaired) electrons. The Bertz CT molecular complexity index is 669. The summed E-state index contributed by atoms with van der Waals surface area (Å²) in [6.07, 6.45) is 0.326. The van der Waals surface area contributed by atoms with Gasteiger partial charge in [0.15, 0.2) is 5.58 Å². The molecule has 1 aliphatic heterocycles. The molecule has 2 atom stereocenters. The van der Waals surface area contributed by atoms with E-state index in [2.05, 4.69) is 4.90 Å². The van der Waals surface area contributed by atoms with Gasteiger partial charge in [0.1, 0.15) is 0 Å². The molecule has 2 aromatic rings. The molecule has 0 spiro atoms. The predicted octanol–water partition coefficient (Wildman–Crippen LogP) is 2.31. The number of ether oxygens (including phenoxy) is 1. The van der Waals surface area contributed by atoms with E-state index in [0.717, 1.165) is 18.6 Å². The summed E-state index contributed by atoms with van der Waals surface area (Å²) in [4.78, 5) is 14.2. The summed E-state index contributed by atoms with van der Waals surface area (Å²) >= 11 is 6.00. The first-order valence-electron chi connectivity index (χ1n) is 6.69. The quantitative estimate of drug-likeness (QED) is 0.853. The smallest absolute Gasteiger partial charge is 0.408 e. The molecular weight excluding hydrogens is 280 g/mol. The lowest BCUT2D eigenvalue weighted by Gasteiger charge is -2.35. The van der Waals surface area contributed by atoms with Crippen molar-refractivity contribution in [1.82, 2.24) is 9.47 Å². The monoisotopic (exact) mass is 296 g/mol. The summed E-state index contributed by atoms with van der Waals surface area (Å²) in [7, 11) is 0. The molecule has 0 amide bonds. The Labute approximate surface area is 121 Å². The van der Waals surface area contributed by atoms with Crippen LogP contribution in [-0.4, -0.2) is 34.8 Å². The maximum atomic E-state index is 12.0. The lowest BCUT2D eigenvalue weighted by molar-refractivity contribution is -0.0766. The third-order valence-corrected chi connectivity index (χ3v) is 3.70. The second-order valence-electron chi connectivity index (χ2n) is 5.34. The summed E-state index contributed by atoms with van der Waals surface area (Å²) in [6.45, 7) is 6.16. The molecule has 1 saturated heterocycles. The number of morpholine rings is 1. The van der Waals surface area contributed by atoms with Crippen LogP contribution in [0.4, 0.5) is 0 Å². The van der Waals surface area contributed by atoms with Crippen LogP contribution in [-0.2, 0) is 11.4 Å². The van der Waals surface area contributed by atoms with Gasteiger partial charge in [0, 0.05) is 18.1 Å². The molecule has 2 unspecified atom stereocenters. The van der Waals surface area contributed by atoms with Crippen LogP contribution < -0.4 is 5.76 Å². The van der Waals surface area contributed by atoms with Crippen molar-refractivity contribution >= 4 is 22.7 Å². The van der Waals surface area contributed by atoms with Crippen LogP contribution in [0.2, 0.25) is 5.02 Å². The normalized spacial score (nSPS) is 24.4. The van der Waals surface area contributed by atoms with Crippen LogP contribution in [0.5, 0.6) is 0 Å². The van der Waals surface area contributed by atoms with E-state index in [1.54, 1.807) is 22.8 Å². The fourth-order valence-corrected chi connectivity index (χ4v) is 2.94. The number of fused-ring (bicyclic) bond motifs is 1. The maximum absolute atomic E-state index is 12.0. The van der Waals surface area contributed by atoms with Crippen molar-refractivity contribution < 1.29 is 9.15 Å². The highest BCUT2D eigenvalue weighted by Crippen LogP contribution is 2.19. The SMILES string of the molecule is CC1CN(Cn2c(=O)oc3ccc(Cl)cc32)CC(C)O1. The number of aromatic nitrogens is 1. The summed E-state index contributed by atoms with van der Waals surface area (Å²) in [6, 6.07) is 5.20. The molecule has 0 aliphatic carbocycles. The minimum Gasteiger partial charge on any atom is -0.408 e. The molecule has 0 bridgehead atoms. The van der Waals surface area contributed by atoms with Crippen LogP contribution >= 0.6 is 11.6 Å². The van der Waals surface area contributed by atoms with Gasteiger partial charge >= 0.3 is 5.76 Å². The Kier molecular flexibility index (Phi) is 3.58. The first kappa shape index (κ1) is 13.7. The molecule has 0 saturated carbocycles. The van der Waals surface area contributed by atoms with Crippen molar-refractivity contribution in [2.24, 2.45) is 0 Å². The van der Waals surface area contributed by atoms with E-state index in [0.29, 0.717) is 17.3 Å². The lowest BCUT2D eigenvalue weighted by atomic mass is 10.2. The average molecular weight is 297 g/mol. The first-order valence-corrected chi connectivity index (χ1v) is 7.07. The standard InChI is InChI=1S/C14H17ClN2O3/c1-9-6-16(7-10(2)19-9)8-17-12-5-11(15)3-4-13(12)20-14(17)18/h3-5,9-10H,6-8H2,1-2H3. The third-order valence-electron chi connectivity index (χ3n) is 3.47. The Hall–Kier alpha value is -1.30. The molecule has 20 heavy (non-hydrogen) atoms. The van der Waals surface area contributed by atoms with Gasteiger partial charge in [0.05, 0.1) is 24.4 Å². The fourth-order valence-electron chi connectivity index (χ4n) is 2.77. The van der Waals surface area contributed by atoms with Gasteiger partial charge in [-0.1, -0.05) is 11.6 Å². The number of rotatable bonds is 2. The number of benzene rings is 1. The zero-order valence-corrected chi connectivity index (χ0v) is 12.3. The van der Waals surface area contributed by atoms with Gasteiger partial charge in [-0.15, -0.1) is 0 Å². The van der Waals surface area contributed by atoms with Crippen molar-refractivity contribution in [2.75, 3.05) is 13.1 Å². The predicted molar refractivity (Wildman–Crippen MR) is 77.1 cm³/mol. The third kappa shape index (κ3) is 2.61. The van der Waals surface area contributed by atoms with Crippen LogP contribution in [0.15, 0.2) is 27.4 Å². The number of hydrogen-bond donors (Lipinski definition) is 0. The second-order valence-corrected chi connectivity index (χ2v) is 5.78. The molecular formula is C14H17ClN2O3. The van der Waals surface area contributed by atoms with Gasteiger partial charge in [-0.05, 0) is 32.0 Å². The molecule has 108 valence electrons. The van der Waals surface area contributed by atoms with E-state index in [1.807, 2.05) is 13.8 Å². The van der Waals surface area contributed by atoms with Gasteiger partial charge in [0.2, 0.25) is 0 Å². The summed E-state index contributed by atoms with van der Waals surface area (Å²) < 4.78 is 12.6. The van der Waals surface area contributed by atoms with Crippen molar-refractivity contribution in [3.05, 3.63) is 33.8 Å². The molecule has 1 aliphatic rings. The second kappa shape index (κ2) is 5.24. The Morgan fingerprint density at radius 2 is 2.00 bits per heavy atom. The number of hydrogen-bond acceptors (Lipinski definition) is 4. The van der Waals surface area contributed by atoms with Crippen molar-refractivity contribution in [3.8, 4) is 0 Å².